The zero-order chi connectivity index (χ0) is 86.0. The number of hydrogen-bond donors (Lipinski definition) is 12. The van der Waals surface area contributed by atoms with Crippen LogP contribution in [0.4, 0.5) is 11.6 Å². The standard InChI is InChI=1S/C67H83N16O30P3S2/c1-4-71-49-21-19-47-58(48-20-22-50(72-5-2)62(118(100,101)102)60(48)111-59(47)61(49)117(97,98)99)45-16-6-7-17-46(45)66(89)82(3)27-11-18-53(85)74-26-29-104-31-30-103-28-23-43(84)14-10-25-75-64(87)41-12-8-15-44(34-41)107-39-55(79-81-70)106-33-32-105-38-54(86)73-24-9-13-42-36-83(63-57(42)65(88)78-67(68)77-63)56-35-51(108-40-76-80-69)52(110-56)37-109-115(93,94)113-116(95,96)112-114(90,91)92/h6-8,12,15-17,19-22,34,36,51-52,55-56,71H,4-5,10-11,14,18,23-33,35,37-40H2,1-3H3,(H,73,86)(H,74,85)(H,75,87)(H,93,94)(H,95,96)(H2,90,91,92)(H,97,98,99)(H,100,101,102)(H3,68,77,78,88)/b72-50+. The lowest BCUT2D eigenvalue weighted by Crippen LogP contribution is -2.31. The molecule has 2 aliphatic heterocycles. The number of aromatic amines is 1. The maximum absolute atomic E-state index is 14.3. The highest BCUT2D eigenvalue weighted by molar-refractivity contribution is 7.86. The third-order valence-corrected chi connectivity index (χ3v) is 22.3. The van der Waals surface area contributed by atoms with Gasteiger partial charge in [0.1, 0.15) is 43.8 Å². The SMILES string of the molecule is CC/N=c1\ccc2c(-c3ccccc3C(=O)N(C)CCCC(=O)NCCOCCOCCC(=O)CCCNC(=O)c3cccc(OCC(N=[N+]=[N-])OCCOCC(=O)NCC#Cc4cn(C5CC(OCN=[N+]=[N-])C(COP(=O)(O)OP(=O)(O)OP(=O)(O)O)O5)c5nc(N)[nH]c(=O)c45)c3)c3ccc(NCC)c(S(=O)(=O)O)c3oc-2c1S(=O)(=O)O. The van der Waals surface area contributed by atoms with Crippen molar-refractivity contribution in [1.82, 2.24) is 35.4 Å². The Kier molecular flexibility index (Phi) is 34.5. The van der Waals surface area contributed by atoms with Gasteiger partial charge >= 0.3 is 23.5 Å². The topological polar surface area (TPSA) is 670 Å². The second-order valence-corrected chi connectivity index (χ2v) is 32.2. The van der Waals surface area contributed by atoms with E-state index in [9.17, 15) is 78.2 Å². The van der Waals surface area contributed by atoms with Crippen LogP contribution in [0.5, 0.6) is 5.75 Å². The summed E-state index contributed by atoms with van der Waals surface area (Å²) in [6, 6.07) is 18.1. The lowest BCUT2D eigenvalue weighted by Gasteiger charge is -2.23. The molecule has 1 fully saturated rings. The molecule has 638 valence electrons. The number of nitrogens with two attached hydrogens (primary N) is 1. The minimum absolute atomic E-state index is 0.0337. The highest BCUT2D eigenvalue weighted by Crippen LogP contribution is 2.66. The Labute approximate surface area is 670 Å². The molecular formula is C67H83N16O30P3S2. The molecule has 3 aliphatic rings. The van der Waals surface area contributed by atoms with Gasteiger partial charge in [0.25, 0.3) is 37.6 Å². The van der Waals surface area contributed by atoms with E-state index in [4.69, 9.17) is 68.7 Å². The number of Topliss-reactive ketones (excluding diaryl/α,β-unsaturated/α-hetero) is 1. The van der Waals surface area contributed by atoms with E-state index in [0.717, 1.165) is 0 Å². The number of carbonyl (C=O) groups is 5. The Morgan fingerprint density at radius 1 is 0.831 bits per heavy atom. The van der Waals surface area contributed by atoms with Crippen LogP contribution in [0.15, 0.2) is 113 Å². The monoisotopic (exact) mass is 1750 g/mol. The van der Waals surface area contributed by atoms with Crippen LogP contribution in [0.2, 0.25) is 0 Å². The summed E-state index contributed by atoms with van der Waals surface area (Å²) in [6.07, 6.45) is -2.80. The van der Waals surface area contributed by atoms with Crippen molar-refractivity contribution in [1.29, 1.82) is 0 Å². The molecule has 46 nitrogen and oxygen atoms in total. The van der Waals surface area contributed by atoms with Crippen LogP contribution in [0.1, 0.15) is 84.9 Å². The van der Waals surface area contributed by atoms with E-state index in [1.807, 2.05) is 0 Å². The van der Waals surface area contributed by atoms with Crippen LogP contribution in [0.3, 0.4) is 0 Å². The van der Waals surface area contributed by atoms with E-state index in [0.29, 0.717) is 6.42 Å². The molecule has 0 saturated carbocycles. The number of ether oxygens (including phenoxy) is 7. The van der Waals surface area contributed by atoms with Crippen LogP contribution >= 0.6 is 23.5 Å². The molecular weight excluding hydrogens is 1670 g/mol. The molecule has 1 saturated heterocycles. The van der Waals surface area contributed by atoms with Crippen molar-refractivity contribution < 1.29 is 134 Å². The van der Waals surface area contributed by atoms with Crippen molar-refractivity contribution in [2.75, 3.05) is 124 Å². The summed E-state index contributed by atoms with van der Waals surface area (Å²) in [5.41, 5.74) is 23.2. The van der Waals surface area contributed by atoms with Gasteiger partial charge in [0.05, 0.1) is 80.9 Å². The van der Waals surface area contributed by atoms with E-state index in [-0.39, 0.29) is 202 Å². The Morgan fingerprint density at radius 3 is 2.30 bits per heavy atom. The van der Waals surface area contributed by atoms with Crippen LogP contribution in [-0.4, -0.2) is 225 Å². The number of fused-ring (bicyclic) bond motifs is 3. The molecule has 2 aromatic heterocycles. The first-order valence-corrected chi connectivity index (χ1v) is 43.0. The number of anilines is 2. The van der Waals surface area contributed by atoms with Crippen molar-refractivity contribution in [3.05, 3.63) is 132 Å². The fourth-order valence-electron chi connectivity index (χ4n) is 11.7. The molecule has 5 aromatic rings. The number of phosphoric acid groups is 3. The molecule has 118 heavy (non-hydrogen) atoms. The van der Waals surface area contributed by atoms with Gasteiger partial charge < -0.3 is 93.6 Å². The Balaban J connectivity index is 0.684. The first-order valence-electron chi connectivity index (χ1n) is 35.6. The predicted molar refractivity (Wildman–Crippen MR) is 414 cm³/mol. The molecule has 4 heterocycles. The van der Waals surface area contributed by atoms with Gasteiger partial charge in [-0.05, 0) is 91.8 Å². The highest BCUT2D eigenvalue weighted by Gasteiger charge is 2.44. The summed E-state index contributed by atoms with van der Waals surface area (Å²) in [5.74, 6) is 2.83. The molecule has 6 unspecified atom stereocenters. The molecule has 0 spiro atoms. The average Bonchev–Trinajstić information content (AvgIpc) is 0.874. The molecule has 0 bridgehead atoms. The van der Waals surface area contributed by atoms with Gasteiger partial charge in [-0.25, -0.2) is 13.7 Å². The number of nitrogens with one attached hydrogen (secondary N) is 5. The molecule has 3 aromatic carbocycles. The number of H-pyrrole nitrogens is 1. The zero-order valence-corrected chi connectivity index (χ0v) is 67.4. The van der Waals surface area contributed by atoms with Crippen molar-refractivity contribution in [3.63, 3.8) is 0 Å². The van der Waals surface area contributed by atoms with Gasteiger partial charge in [-0.2, -0.15) is 30.4 Å². The van der Waals surface area contributed by atoms with Gasteiger partial charge in [-0.15, -0.1) is 0 Å². The van der Waals surface area contributed by atoms with Crippen molar-refractivity contribution in [2.45, 2.75) is 86.8 Å². The summed E-state index contributed by atoms with van der Waals surface area (Å²) in [6.45, 7) is 1.74. The minimum Gasteiger partial charge on any atom is -0.491 e. The molecule has 6 atom stereocenters. The van der Waals surface area contributed by atoms with E-state index < -0.39 is 133 Å². The maximum Gasteiger partial charge on any atom is 0.490 e. The third kappa shape index (κ3) is 27.5. The second kappa shape index (κ2) is 43.6. The number of azide groups is 2. The summed E-state index contributed by atoms with van der Waals surface area (Å²) in [7, 11) is -25.9. The average molecular weight is 1750 g/mol. The molecule has 4 amide bonds. The fourth-order valence-corrected chi connectivity index (χ4v) is 16.4. The second-order valence-electron chi connectivity index (χ2n) is 25.1. The van der Waals surface area contributed by atoms with E-state index >= 15 is 0 Å². The minimum atomic E-state index is -5.87. The number of amides is 4. The third-order valence-electron chi connectivity index (χ3n) is 16.7. The molecule has 8 rings (SSSR count). The zero-order valence-electron chi connectivity index (χ0n) is 63.1. The summed E-state index contributed by atoms with van der Waals surface area (Å²) in [5, 5.41) is 17.5. The van der Waals surface area contributed by atoms with Crippen LogP contribution in [0.25, 0.3) is 65.3 Å². The summed E-state index contributed by atoms with van der Waals surface area (Å²) in [4.78, 5) is 132. The number of nitrogen functional groups attached to an aromatic ring is 1. The van der Waals surface area contributed by atoms with Gasteiger partial charge in [0, 0.05) is 109 Å². The van der Waals surface area contributed by atoms with E-state index in [1.54, 1.807) is 44.2 Å². The number of rotatable bonds is 47. The molecule has 0 radical (unpaired) electrons. The lowest BCUT2D eigenvalue weighted by atomic mass is 9.90. The van der Waals surface area contributed by atoms with Crippen molar-refractivity contribution >= 4 is 107 Å². The molecule has 51 heteroatoms. The summed E-state index contributed by atoms with van der Waals surface area (Å²) >= 11 is 0. The van der Waals surface area contributed by atoms with Crippen molar-refractivity contribution in [2.24, 2.45) is 15.2 Å². The quantitative estimate of drug-likeness (QED) is 0.00334. The largest absolute Gasteiger partial charge is 0.491 e. The van der Waals surface area contributed by atoms with Gasteiger partial charge in [-0.1, -0.05) is 46.3 Å². The fraction of sp³-hybridized carbons (Fsp3) is 0.433. The van der Waals surface area contributed by atoms with Crippen molar-refractivity contribution in [3.8, 4) is 40.0 Å². The number of benzene rings is 4. The highest BCUT2D eigenvalue weighted by atomic mass is 32.2. The first kappa shape index (κ1) is 93.4. The maximum atomic E-state index is 14.3. The Bertz CT molecular complexity index is 5470. The van der Waals surface area contributed by atoms with Gasteiger partial charge in [0.15, 0.2) is 33.0 Å². The van der Waals surface area contributed by atoms with E-state index in [1.165, 1.54) is 65.2 Å². The van der Waals surface area contributed by atoms with Gasteiger partial charge in [-0.3, -0.25) is 52.4 Å². The normalized spacial score (nSPS) is 15.7. The number of nitrogens with zero attached hydrogens (tertiary/aromatic N) is 10. The number of ketones is 1. The smallest absolute Gasteiger partial charge is 0.490 e. The lowest BCUT2D eigenvalue weighted by molar-refractivity contribution is -0.126. The van der Waals surface area contributed by atoms with Crippen LogP contribution in [0, 0.1) is 11.8 Å². The van der Waals surface area contributed by atoms with Gasteiger partial charge in [0.2, 0.25) is 17.8 Å². The Morgan fingerprint density at radius 2 is 1.58 bits per heavy atom. The molecule has 1 aliphatic carbocycles. The van der Waals surface area contributed by atoms with Crippen LogP contribution < -0.4 is 42.7 Å². The number of aromatic nitrogens is 3. The first-order chi connectivity index (χ1) is 56.0. The van der Waals surface area contributed by atoms with E-state index in [2.05, 4.69) is 76.7 Å². The van der Waals surface area contributed by atoms with Crippen LogP contribution in [-0.2, 0) is 89.9 Å². The number of carbonyl (C=O) groups excluding carboxylic acids is 5. The predicted octanol–water partition coefficient (Wildman–Crippen LogP) is 5.34. The number of phosphoric ester groups is 1. The Hall–Kier alpha value is -10.1. The molecule has 13 N–H and O–H groups in total. The number of hydrogen-bond acceptors (Lipinski definition) is 30. The summed E-state index contributed by atoms with van der Waals surface area (Å²) < 4.78 is 168.